The lowest BCUT2D eigenvalue weighted by Crippen LogP contribution is -2.10. The highest BCUT2D eigenvalue weighted by molar-refractivity contribution is 5.86. The van der Waals surface area contributed by atoms with Crippen molar-refractivity contribution in [1.29, 1.82) is 0 Å². The zero-order valence-corrected chi connectivity index (χ0v) is 38.4. The smallest absolute Gasteiger partial charge is 0.0462 e. The number of hydrogen-bond donors (Lipinski definition) is 0. The summed E-state index contributed by atoms with van der Waals surface area (Å²) >= 11 is 0. The van der Waals surface area contributed by atoms with E-state index in [1.807, 2.05) is 26.8 Å². The number of anilines is 3. The second kappa shape index (κ2) is 25.0. The van der Waals surface area contributed by atoms with Gasteiger partial charge in [0, 0.05) is 17.1 Å². The van der Waals surface area contributed by atoms with Gasteiger partial charge in [0.15, 0.2) is 0 Å². The molecule has 0 radical (unpaired) electrons. The molecule has 0 amide bonds. The van der Waals surface area contributed by atoms with E-state index in [1.165, 1.54) is 61.2 Å². The molecule has 0 spiro atoms. The van der Waals surface area contributed by atoms with Crippen molar-refractivity contribution in [3.05, 3.63) is 233 Å². The van der Waals surface area contributed by atoms with Crippen LogP contribution in [-0.4, -0.2) is 0 Å². The van der Waals surface area contributed by atoms with Crippen LogP contribution in [0.2, 0.25) is 0 Å². The first-order chi connectivity index (χ1) is 31.0. The lowest BCUT2D eigenvalue weighted by Gasteiger charge is -2.26. The van der Waals surface area contributed by atoms with Crippen molar-refractivity contribution in [1.82, 2.24) is 0 Å². The second-order valence-corrected chi connectivity index (χ2v) is 14.9. The Bertz CT molecular complexity index is 2630. The van der Waals surface area contributed by atoms with Gasteiger partial charge in [-0.25, -0.2) is 0 Å². The fourth-order valence-corrected chi connectivity index (χ4v) is 7.85. The molecular weight excluding hydrogens is 759 g/mol. The summed E-state index contributed by atoms with van der Waals surface area (Å²) in [5.41, 5.74) is 18.7. The Morgan fingerprint density at radius 3 is 1.84 bits per heavy atom. The summed E-state index contributed by atoms with van der Waals surface area (Å²) < 4.78 is 0. The summed E-state index contributed by atoms with van der Waals surface area (Å²) in [7, 11) is 0. The van der Waals surface area contributed by atoms with Gasteiger partial charge >= 0.3 is 0 Å². The van der Waals surface area contributed by atoms with Crippen LogP contribution >= 0.6 is 0 Å². The molecule has 63 heavy (non-hydrogen) atoms. The number of benzene rings is 6. The Kier molecular flexibility index (Phi) is 18.6. The van der Waals surface area contributed by atoms with Crippen molar-refractivity contribution in [2.24, 2.45) is 0 Å². The molecule has 6 aromatic rings. The van der Waals surface area contributed by atoms with E-state index in [1.54, 1.807) is 6.92 Å². The first-order valence-corrected chi connectivity index (χ1v) is 22.4. The quantitative estimate of drug-likeness (QED) is 0.0600. The normalized spacial score (nSPS) is 12.3. The van der Waals surface area contributed by atoms with E-state index in [0.717, 1.165) is 41.9 Å². The van der Waals surface area contributed by atoms with E-state index in [9.17, 15) is 0 Å². The molecule has 0 N–H and O–H groups in total. The third kappa shape index (κ3) is 12.5. The minimum Gasteiger partial charge on any atom is -0.311 e. The number of hydrogen-bond acceptors (Lipinski definition) is 1. The molecule has 1 aliphatic carbocycles. The third-order valence-electron chi connectivity index (χ3n) is 10.7. The summed E-state index contributed by atoms with van der Waals surface area (Å²) in [4.78, 5) is 2.36. The zero-order valence-electron chi connectivity index (χ0n) is 38.4. The van der Waals surface area contributed by atoms with Gasteiger partial charge in [-0.05, 0) is 150 Å². The molecule has 0 bridgehead atoms. The summed E-state index contributed by atoms with van der Waals surface area (Å²) in [6, 6.07) is 51.0. The first-order valence-electron chi connectivity index (χ1n) is 22.4. The molecule has 0 saturated carbocycles. The van der Waals surface area contributed by atoms with Crippen molar-refractivity contribution < 1.29 is 0 Å². The molecule has 7 rings (SSSR count). The molecule has 0 fully saturated rings. The largest absolute Gasteiger partial charge is 0.311 e. The number of terminal acetylenes is 1. The number of nitrogens with zero attached hydrogens (tertiary/aromatic N) is 1. The van der Waals surface area contributed by atoms with Crippen LogP contribution in [0.25, 0.3) is 46.1 Å². The van der Waals surface area contributed by atoms with Crippen LogP contribution in [0.15, 0.2) is 200 Å². The van der Waals surface area contributed by atoms with Crippen molar-refractivity contribution >= 4 is 40.9 Å². The van der Waals surface area contributed by atoms with Gasteiger partial charge in [0.1, 0.15) is 0 Å². The second-order valence-electron chi connectivity index (χ2n) is 14.9. The molecule has 1 aliphatic rings. The number of allylic oxidation sites excluding steroid dienone is 11. The summed E-state index contributed by atoms with van der Waals surface area (Å²) in [6.45, 7) is 14.1. The van der Waals surface area contributed by atoms with Crippen molar-refractivity contribution in [2.75, 3.05) is 4.90 Å². The van der Waals surface area contributed by atoms with E-state index in [0.29, 0.717) is 0 Å². The van der Waals surface area contributed by atoms with Gasteiger partial charge in [-0.15, -0.1) is 12.3 Å². The van der Waals surface area contributed by atoms with Gasteiger partial charge in [-0.1, -0.05) is 197 Å². The molecule has 0 heterocycles. The predicted molar refractivity (Wildman–Crippen MR) is 280 cm³/mol. The zero-order chi connectivity index (χ0) is 44.8. The average Bonchev–Trinajstić information content (AvgIpc) is 3.71. The average molecular weight is 822 g/mol. The number of fused-ring (bicyclic) bond motifs is 3. The Morgan fingerprint density at radius 1 is 0.619 bits per heavy atom. The van der Waals surface area contributed by atoms with Gasteiger partial charge < -0.3 is 4.90 Å². The van der Waals surface area contributed by atoms with Gasteiger partial charge in [0.2, 0.25) is 0 Å². The van der Waals surface area contributed by atoms with Crippen LogP contribution in [0.4, 0.5) is 17.1 Å². The SMILES string of the molecule is C#CC.C/C=C\C=C\c1ccccc1/C=C\c1ccc(N(c2ccc(C(/C=C\CC(/C=C\C)=C/CC)=C/C)cc2)c2ccc(-c3cccc4c3Cc3ccccc3-4)cc2)cc1.CC. The maximum atomic E-state index is 4.60. The number of rotatable bonds is 14. The van der Waals surface area contributed by atoms with E-state index in [-0.39, 0.29) is 0 Å². The third-order valence-corrected chi connectivity index (χ3v) is 10.7. The van der Waals surface area contributed by atoms with E-state index in [2.05, 4.69) is 244 Å². The standard InChI is InChI=1S/C57H53N.C3H4.C2H6/c1-5-9-10-20-46-21-11-12-22-47(46)31-28-44-29-36-51(37-30-44)58(52-38-32-48(33-39-52)45(8-4)24-15-19-43(17-6-2)18-7-3)53-40-34-49(35-41-53)54-26-16-27-56-55-25-14-13-23-50(55)42-57(54)56;1-3-2;1-2/h5-6,8-18,20-41H,7,19,42H2,1-4H3;1H,2H3;1-2H3/b9-5-,17-6-,20-10+,24-15-,31-28-,43-18+,45-8+;;. The maximum Gasteiger partial charge on any atom is 0.0462 e. The fraction of sp³-hybridized carbons (Fsp3) is 0.161. The van der Waals surface area contributed by atoms with Crippen LogP contribution in [0.5, 0.6) is 0 Å². The lowest BCUT2D eigenvalue weighted by atomic mass is 9.95. The van der Waals surface area contributed by atoms with Gasteiger partial charge in [0.25, 0.3) is 0 Å². The molecule has 1 heteroatoms. The van der Waals surface area contributed by atoms with Crippen LogP contribution in [0.1, 0.15) is 94.7 Å². The predicted octanol–water partition coefficient (Wildman–Crippen LogP) is 18.1. The van der Waals surface area contributed by atoms with E-state index >= 15 is 0 Å². The molecule has 0 atom stereocenters. The minimum atomic E-state index is 0.918. The Morgan fingerprint density at radius 2 is 1.21 bits per heavy atom. The molecule has 0 saturated heterocycles. The summed E-state index contributed by atoms with van der Waals surface area (Å²) in [5, 5.41) is 0. The lowest BCUT2D eigenvalue weighted by molar-refractivity contribution is 1.16. The van der Waals surface area contributed by atoms with Gasteiger partial charge in [-0.3, -0.25) is 0 Å². The summed E-state index contributed by atoms with van der Waals surface area (Å²) in [5.74, 6) is 2.25. The molecular formula is C62H63N. The van der Waals surface area contributed by atoms with Crippen molar-refractivity contribution in [2.45, 2.75) is 67.7 Å². The molecule has 6 aromatic carbocycles. The van der Waals surface area contributed by atoms with Crippen molar-refractivity contribution in [3.63, 3.8) is 0 Å². The van der Waals surface area contributed by atoms with Crippen LogP contribution < -0.4 is 4.90 Å². The Hall–Kier alpha value is -7.14. The molecule has 316 valence electrons. The van der Waals surface area contributed by atoms with Gasteiger partial charge in [0.05, 0.1) is 0 Å². The highest BCUT2D eigenvalue weighted by Gasteiger charge is 2.21. The minimum absolute atomic E-state index is 0.918. The Labute approximate surface area is 379 Å². The first kappa shape index (κ1) is 46.9. The van der Waals surface area contributed by atoms with Gasteiger partial charge in [-0.2, -0.15) is 0 Å². The van der Waals surface area contributed by atoms with Crippen LogP contribution in [-0.2, 0) is 6.42 Å². The van der Waals surface area contributed by atoms with Crippen LogP contribution in [0.3, 0.4) is 0 Å². The highest BCUT2D eigenvalue weighted by atomic mass is 15.1. The van der Waals surface area contributed by atoms with Crippen molar-refractivity contribution in [3.8, 4) is 34.6 Å². The molecule has 1 nitrogen and oxygen atoms in total. The molecule has 0 aliphatic heterocycles. The fourth-order valence-electron chi connectivity index (χ4n) is 7.85. The van der Waals surface area contributed by atoms with E-state index in [4.69, 9.17) is 0 Å². The maximum absolute atomic E-state index is 4.60. The van der Waals surface area contributed by atoms with Crippen LogP contribution in [0, 0.1) is 12.3 Å². The highest BCUT2D eigenvalue weighted by Crippen LogP contribution is 2.42. The summed E-state index contributed by atoms with van der Waals surface area (Å²) in [6.07, 6.45) is 33.6. The van der Waals surface area contributed by atoms with E-state index < -0.39 is 0 Å². The monoisotopic (exact) mass is 821 g/mol. The Balaban J connectivity index is 0.00000143. The molecule has 0 unspecified atom stereocenters. The topological polar surface area (TPSA) is 3.24 Å². The molecule has 0 aromatic heterocycles.